The molecule has 0 bridgehead atoms. The summed E-state index contributed by atoms with van der Waals surface area (Å²) in [5, 5.41) is 11.8. The predicted molar refractivity (Wildman–Crippen MR) is 95.0 cm³/mol. The van der Waals surface area contributed by atoms with Gasteiger partial charge in [0, 0.05) is 25.4 Å². The maximum absolute atomic E-state index is 12.7. The first kappa shape index (κ1) is 19.7. The van der Waals surface area contributed by atoms with E-state index >= 15 is 0 Å². The largest absolute Gasteiger partial charge is 0.481 e. The molecule has 0 aromatic heterocycles. The van der Waals surface area contributed by atoms with Gasteiger partial charge < -0.3 is 15.3 Å². The number of amides is 2. The molecule has 2 atom stereocenters. The summed E-state index contributed by atoms with van der Waals surface area (Å²) in [6, 6.07) is -0.559. The zero-order chi connectivity index (χ0) is 18.2. The third-order valence-electron chi connectivity index (χ3n) is 5.55. The number of carboxylic acid groups (broad SMARTS) is 1. The van der Waals surface area contributed by atoms with Gasteiger partial charge in [-0.2, -0.15) is 0 Å². The number of carbonyl (C=O) groups excluding carboxylic acids is 2. The van der Waals surface area contributed by atoms with Gasteiger partial charge >= 0.3 is 5.97 Å². The van der Waals surface area contributed by atoms with Crippen molar-refractivity contribution in [3.05, 3.63) is 0 Å². The molecule has 1 saturated carbocycles. The van der Waals surface area contributed by atoms with E-state index in [0.717, 1.165) is 32.1 Å². The summed E-state index contributed by atoms with van der Waals surface area (Å²) in [4.78, 5) is 37.6. The number of hydrogen-bond donors (Lipinski definition) is 2. The minimum Gasteiger partial charge on any atom is -0.481 e. The van der Waals surface area contributed by atoms with Crippen LogP contribution in [0, 0.1) is 5.92 Å². The van der Waals surface area contributed by atoms with Gasteiger partial charge in [-0.15, -0.1) is 0 Å². The van der Waals surface area contributed by atoms with Gasteiger partial charge in [0.15, 0.2) is 0 Å². The first-order chi connectivity index (χ1) is 12.0. The molecule has 1 saturated heterocycles. The van der Waals surface area contributed by atoms with E-state index in [1.54, 1.807) is 11.8 Å². The second-order valence-corrected chi connectivity index (χ2v) is 7.61. The molecule has 1 heterocycles. The lowest BCUT2D eigenvalue weighted by Gasteiger charge is -2.37. The minimum atomic E-state index is -0.827. The van der Waals surface area contributed by atoms with Crippen molar-refractivity contribution in [1.82, 2.24) is 10.2 Å². The molecule has 1 aliphatic carbocycles. The van der Waals surface area contributed by atoms with Gasteiger partial charge in [-0.05, 0) is 51.4 Å². The highest BCUT2D eigenvalue weighted by atomic mass is 16.4. The highest BCUT2D eigenvalue weighted by molar-refractivity contribution is 5.87. The van der Waals surface area contributed by atoms with Crippen LogP contribution in [0.1, 0.15) is 77.6 Å². The molecule has 0 aromatic carbocycles. The van der Waals surface area contributed by atoms with Crippen LogP contribution in [0.2, 0.25) is 0 Å². The molecule has 142 valence electrons. The quantitative estimate of drug-likeness (QED) is 0.737. The Morgan fingerprint density at radius 1 is 1.08 bits per heavy atom. The van der Waals surface area contributed by atoms with E-state index in [1.807, 2.05) is 0 Å². The van der Waals surface area contributed by atoms with E-state index in [0.29, 0.717) is 25.3 Å². The number of piperidine rings is 1. The monoisotopic (exact) mass is 352 g/mol. The second kappa shape index (κ2) is 9.78. The second-order valence-electron chi connectivity index (χ2n) is 7.61. The molecular weight excluding hydrogens is 320 g/mol. The molecule has 0 radical (unpaired) electrons. The first-order valence-electron chi connectivity index (χ1n) is 9.79. The molecule has 2 unspecified atom stereocenters. The summed E-state index contributed by atoms with van der Waals surface area (Å²) in [5.74, 6) is -0.486. The third kappa shape index (κ3) is 6.33. The number of rotatable bonds is 7. The van der Waals surface area contributed by atoms with Crippen molar-refractivity contribution in [3.63, 3.8) is 0 Å². The standard InChI is InChI=1S/C19H32N2O4/c1-14(20-17(22)13-15-7-3-2-4-8-15)19(25)21-12-6-5-9-16(21)10-11-18(23)24/h14-16H,2-13H2,1H3,(H,20,22)(H,23,24). The van der Waals surface area contributed by atoms with E-state index < -0.39 is 12.0 Å². The Morgan fingerprint density at radius 3 is 2.44 bits per heavy atom. The van der Waals surface area contributed by atoms with Crippen LogP contribution < -0.4 is 5.32 Å². The van der Waals surface area contributed by atoms with Crippen LogP contribution in [0.4, 0.5) is 0 Å². The van der Waals surface area contributed by atoms with Crippen LogP contribution in [-0.2, 0) is 14.4 Å². The van der Waals surface area contributed by atoms with Crippen molar-refractivity contribution in [2.24, 2.45) is 5.92 Å². The fraction of sp³-hybridized carbons (Fsp3) is 0.842. The highest BCUT2D eigenvalue weighted by Crippen LogP contribution is 2.26. The van der Waals surface area contributed by atoms with E-state index in [2.05, 4.69) is 5.32 Å². The van der Waals surface area contributed by atoms with E-state index in [-0.39, 0.29) is 24.3 Å². The number of hydrogen-bond acceptors (Lipinski definition) is 3. The van der Waals surface area contributed by atoms with Crippen molar-refractivity contribution >= 4 is 17.8 Å². The first-order valence-corrected chi connectivity index (χ1v) is 9.79. The van der Waals surface area contributed by atoms with Crippen LogP contribution in [0.5, 0.6) is 0 Å². The van der Waals surface area contributed by atoms with Crippen molar-refractivity contribution < 1.29 is 19.5 Å². The number of carboxylic acids is 1. The van der Waals surface area contributed by atoms with Crippen LogP contribution in [0.3, 0.4) is 0 Å². The molecular formula is C19H32N2O4. The summed E-state index contributed by atoms with van der Waals surface area (Å²) < 4.78 is 0. The normalized spacial score (nSPS) is 23.1. The molecule has 2 rings (SSSR count). The SMILES string of the molecule is CC(NC(=O)CC1CCCCC1)C(=O)N1CCCCC1CCC(=O)O. The molecule has 2 aliphatic rings. The Hall–Kier alpha value is -1.59. The molecule has 25 heavy (non-hydrogen) atoms. The molecule has 2 fully saturated rings. The van der Waals surface area contributed by atoms with Gasteiger partial charge in [0.2, 0.25) is 11.8 Å². The number of nitrogens with one attached hydrogen (secondary N) is 1. The maximum atomic E-state index is 12.7. The minimum absolute atomic E-state index is 0.0185. The average molecular weight is 352 g/mol. The Labute approximate surface area is 150 Å². The van der Waals surface area contributed by atoms with Gasteiger partial charge in [-0.3, -0.25) is 14.4 Å². The van der Waals surface area contributed by atoms with Gasteiger partial charge in [-0.1, -0.05) is 19.3 Å². The summed E-state index contributed by atoms with van der Waals surface area (Å²) in [6.07, 6.45) is 9.78. The number of carbonyl (C=O) groups is 3. The molecule has 6 nitrogen and oxygen atoms in total. The van der Waals surface area contributed by atoms with Gasteiger partial charge in [0.25, 0.3) is 0 Å². The Balaban J connectivity index is 1.83. The molecule has 0 aromatic rings. The van der Waals surface area contributed by atoms with Crippen molar-refractivity contribution in [2.75, 3.05) is 6.54 Å². The van der Waals surface area contributed by atoms with Crippen molar-refractivity contribution in [1.29, 1.82) is 0 Å². The maximum Gasteiger partial charge on any atom is 0.303 e. The van der Waals surface area contributed by atoms with Crippen molar-refractivity contribution in [3.8, 4) is 0 Å². The summed E-state index contributed by atoms with van der Waals surface area (Å²) in [7, 11) is 0. The van der Waals surface area contributed by atoms with Crippen molar-refractivity contribution in [2.45, 2.75) is 89.6 Å². The average Bonchev–Trinajstić information content (AvgIpc) is 2.60. The molecule has 6 heteroatoms. The van der Waals surface area contributed by atoms with Crippen LogP contribution in [0.15, 0.2) is 0 Å². The Bertz CT molecular complexity index is 474. The highest BCUT2D eigenvalue weighted by Gasteiger charge is 2.30. The van der Waals surface area contributed by atoms with Gasteiger partial charge in [-0.25, -0.2) is 0 Å². The predicted octanol–water partition coefficient (Wildman–Crippen LogP) is 2.71. The fourth-order valence-corrected chi connectivity index (χ4v) is 4.15. The Morgan fingerprint density at radius 2 is 1.76 bits per heavy atom. The molecule has 2 N–H and O–H groups in total. The fourth-order valence-electron chi connectivity index (χ4n) is 4.15. The van der Waals surface area contributed by atoms with E-state index in [1.165, 1.54) is 19.3 Å². The smallest absolute Gasteiger partial charge is 0.303 e. The number of likely N-dealkylation sites (tertiary alicyclic amines) is 1. The molecule has 0 spiro atoms. The van der Waals surface area contributed by atoms with Gasteiger partial charge in [0.1, 0.15) is 6.04 Å². The number of aliphatic carboxylic acids is 1. The summed E-state index contributed by atoms with van der Waals surface area (Å²) >= 11 is 0. The van der Waals surface area contributed by atoms with Gasteiger partial charge in [0.05, 0.1) is 0 Å². The molecule has 1 aliphatic heterocycles. The summed E-state index contributed by atoms with van der Waals surface area (Å²) in [5.41, 5.74) is 0. The lowest BCUT2D eigenvalue weighted by atomic mass is 9.87. The lowest BCUT2D eigenvalue weighted by molar-refractivity contribution is -0.141. The van der Waals surface area contributed by atoms with E-state index in [4.69, 9.17) is 5.11 Å². The van der Waals surface area contributed by atoms with Crippen LogP contribution >= 0.6 is 0 Å². The van der Waals surface area contributed by atoms with E-state index in [9.17, 15) is 14.4 Å². The molecule has 2 amide bonds. The van der Waals surface area contributed by atoms with Crippen LogP contribution in [0.25, 0.3) is 0 Å². The number of nitrogens with zero attached hydrogens (tertiary/aromatic N) is 1. The third-order valence-corrected chi connectivity index (χ3v) is 5.55. The zero-order valence-electron chi connectivity index (χ0n) is 15.3. The summed E-state index contributed by atoms with van der Waals surface area (Å²) in [6.45, 7) is 2.40. The topological polar surface area (TPSA) is 86.7 Å². The zero-order valence-corrected chi connectivity index (χ0v) is 15.3. The lowest BCUT2D eigenvalue weighted by Crippen LogP contribution is -2.52. The van der Waals surface area contributed by atoms with Crippen LogP contribution in [-0.4, -0.2) is 46.4 Å². The Kier molecular flexibility index (Phi) is 7.72.